The molecule has 0 saturated carbocycles. The average Bonchev–Trinajstić information content (AvgIpc) is 3.49. The van der Waals surface area contributed by atoms with Crippen LogP contribution in [0.25, 0.3) is 10.9 Å². The van der Waals surface area contributed by atoms with Crippen LogP contribution in [0.5, 0.6) is 5.75 Å². The van der Waals surface area contributed by atoms with Crippen LogP contribution in [0.1, 0.15) is 36.2 Å². The average molecular weight is 508 g/mol. The van der Waals surface area contributed by atoms with Crippen molar-refractivity contribution in [2.24, 2.45) is 11.8 Å². The summed E-state index contributed by atoms with van der Waals surface area (Å²) >= 11 is 0. The Labute approximate surface area is 204 Å². The summed E-state index contributed by atoms with van der Waals surface area (Å²) in [5.41, 5.74) is 0.568. The van der Waals surface area contributed by atoms with Crippen molar-refractivity contribution >= 4 is 34.9 Å². The lowest BCUT2D eigenvalue weighted by Crippen LogP contribution is -2.50. The quantitative estimate of drug-likeness (QED) is 0.495. The fourth-order valence-corrected chi connectivity index (χ4v) is 4.92. The first kappa shape index (κ1) is 25.5. The van der Waals surface area contributed by atoms with Gasteiger partial charge in [-0.25, -0.2) is 0 Å². The third-order valence-corrected chi connectivity index (χ3v) is 6.83. The lowest BCUT2D eigenvalue weighted by Gasteiger charge is -2.27. The predicted octanol–water partition coefficient (Wildman–Crippen LogP) is 2.17. The lowest BCUT2D eigenvalue weighted by molar-refractivity contribution is -0.170. The number of methoxy groups -OCH3 is 1. The molecule has 4 rings (SSSR count). The zero-order chi connectivity index (χ0) is 26.0. The highest BCUT2D eigenvalue weighted by Gasteiger charge is 2.51. The molecule has 36 heavy (non-hydrogen) atoms. The van der Waals surface area contributed by atoms with Gasteiger partial charge in [-0.3, -0.25) is 14.4 Å². The fourth-order valence-electron chi connectivity index (χ4n) is 4.92. The standard InChI is InChI=1S/C24H27F3N4O5/c1-36-20-6-2-5-17-16(20)10-18(30-17)23(35)31-11-14(24(25,26)27)9-19(31)22(34)29-15(12-32)8-13-4-3-7-28-21(13)33/h2,5-6,10,12-15,19,30H,3-4,7-9,11H2,1H3,(H,28,33)(H,29,34). The predicted molar refractivity (Wildman–Crippen MR) is 122 cm³/mol. The number of carbonyl (C=O) groups is 4. The monoisotopic (exact) mass is 508 g/mol. The van der Waals surface area contributed by atoms with Crippen LogP contribution in [0.4, 0.5) is 13.2 Å². The molecule has 4 unspecified atom stereocenters. The minimum Gasteiger partial charge on any atom is -0.496 e. The Kier molecular flexibility index (Phi) is 7.23. The molecule has 0 bridgehead atoms. The van der Waals surface area contributed by atoms with Gasteiger partial charge in [-0.15, -0.1) is 0 Å². The molecule has 3 N–H and O–H groups in total. The van der Waals surface area contributed by atoms with Crippen molar-refractivity contribution in [1.29, 1.82) is 0 Å². The van der Waals surface area contributed by atoms with Crippen LogP contribution in [-0.2, 0) is 14.4 Å². The number of nitrogens with zero attached hydrogens (tertiary/aromatic N) is 1. The summed E-state index contributed by atoms with van der Waals surface area (Å²) in [4.78, 5) is 53.8. The Morgan fingerprint density at radius 3 is 2.78 bits per heavy atom. The van der Waals surface area contributed by atoms with Gasteiger partial charge in [-0.2, -0.15) is 13.2 Å². The number of carbonyl (C=O) groups excluding carboxylic acids is 4. The van der Waals surface area contributed by atoms with E-state index in [1.165, 1.54) is 13.2 Å². The number of rotatable bonds is 7. The first-order chi connectivity index (χ1) is 17.1. The van der Waals surface area contributed by atoms with Crippen molar-refractivity contribution in [1.82, 2.24) is 20.5 Å². The highest BCUT2D eigenvalue weighted by molar-refractivity contribution is 6.02. The van der Waals surface area contributed by atoms with Crippen LogP contribution in [0, 0.1) is 11.8 Å². The number of benzene rings is 1. The number of halogens is 3. The van der Waals surface area contributed by atoms with Crippen LogP contribution in [0.2, 0.25) is 0 Å². The molecule has 2 aromatic rings. The van der Waals surface area contributed by atoms with Gasteiger partial charge in [0, 0.05) is 29.9 Å². The maximum Gasteiger partial charge on any atom is 0.393 e. The number of fused-ring (bicyclic) bond motifs is 1. The molecule has 1 aromatic carbocycles. The summed E-state index contributed by atoms with van der Waals surface area (Å²) in [6.45, 7) is -0.158. The molecule has 0 spiro atoms. The fraction of sp³-hybridized carbons (Fsp3) is 0.500. The Balaban J connectivity index is 1.55. The maximum atomic E-state index is 13.6. The summed E-state index contributed by atoms with van der Waals surface area (Å²) in [6.07, 6.45) is -3.47. The van der Waals surface area contributed by atoms with Crippen molar-refractivity contribution < 1.29 is 37.1 Å². The van der Waals surface area contributed by atoms with Crippen LogP contribution < -0.4 is 15.4 Å². The van der Waals surface area contributed by atoms with Gasteiger partial charge >= 0.3 is 6.18 Å². The number of aromatic amines is 1. The first-order valence-electron chi connectivity index (χ1n) is 11.7. The van der Waals surface area contributed by atoms with E-state index in [0.717, 1.165) is 11.3 Å². The zero-order valence-electron chi connectivity index (χ0n) is 19.6. The van der Waals surface area contributed by atoms with E-state index in [2.05, 4.69) is 15.6 Å². The molecule has 0 radical (unpaired) electrons. The van der Waals surface area contributed by atoms with Crippen molar-refractivity contribution in [2.75, 3.05) is 20.2 Å². The third-order valence-electron chi connectivity index (χ3n) is 6.83. The van der Waals surface area contributed by atoms with Gasteiger partial charge in [0.1, 0.15) is 23.8 Å². The number of alkyl halides is 3. The second-order valence-electron chi connectivity index (χ2n) is 9.17. The Hall–Kier alpha value is -3.57. The second kappa shape index (κ2) is 10.2. The highest BCUT2D eigenvalue weighted by Crippen LogP contribution is 2.38. The van der Waals surface area contributed by atoms with Crippen LogP contribution in [0.15, 0.2) is 24.3 Å². The number of hydrogen-bond acceptors (Lipinski definition) is 5. The Morgan fingerprint density at radius 2 is 2.11 bits per heavy atom. The van der Waals surface area contributed by atoms with Gasteiger partial charge in [0.15, 0.2) is 0 Å². The van der Waals surface area contributed by atoms with E-state index in [4.69, 9.17) is 4.74 Å². The van der Waals surface area contributed by atoms with Gasteiger partial charge in [0.25, 0.3) is 5.91 Å². The van der Waals surface area contributed by atoms with Crippen molar-refractivity contribution in [3.8, 4) is 5.75 Å². The van der Waals surface area contributed by atoms with E-state index in [-0.39, 0.29) is 18.0 Å². The van der Waals surface area contributed by atoms with Crippen LogP contribution in [0.3, 0.4) is 0 Å². The summed E-state index contributed by atoms with van der Waals surface area (Å²) in [7, 11) is 1.46. The molecule has 2 fully saturated rings. The van der Waals surface area contributed by atoms with Crippen molar-refractivity contribution in [2.45, 2.75) is 43.9 Å². The van der Waals surface area contributed by atoms with Gasteiger partial charge in [0.2, 0.25) is 11.8 Å². The first-order valence-corrected chi connectivity index (χ1v) is 11.7. The van der Waals surface area contributed by atoms with Crippen LogP contribution >= 0.6 is 0 Å². The Morgan fingerprint density at radius 1 is 1.33 bits per heavy atom. The third kappa shape index (κ3) is 5.17. The molecule has 3 heterocycles. The van der Waals surface area contributed by atoms with E-state index >= 15 is 0 Å². The minimum atomic E-state index is -4.61. The molecular weight excluding hydrogens is 481 g/mol. The van der Waals surface area contributed by atoms with Gasteiger partial charge < -0.3 is 30.0 Å². The normalized spacial score (nSPS) is 23.3. The van der Waals surface area contributed by atoms with Crippen LogP contribution in [-0.4, -0.2) is 72.4 Å². The number of nitrogens with one attached hydrogen (secondary N) is 3. The van der Waals surface area contributed by atoms with E-state index in [0.29, 0.717) is 35.9 Å². The smallest absolute Gasteiger partial charge is 0.393 e. The van der Waals surface area contributed by atoms with E-state index in [1.807, 2.05) is 0 Å². The van der Waals surface area contributed by atoms with Crippen molar-refractivity contribution in [3.63, 3.8) is 0 Å². The zero-order valence-corrected chi connectivity index (χ0v) is 19.6. The number of hydrogen-bond donors (Lipinski definition) is 3. The molecule has 194 valence electrons. The number of piperidine rings is 1. The number of amides is 3. The molecule has 2 aliphatic rings. The topological polar surface area (TPSA) is 121 Å². The molecule has 1 aromatic heterocycles. The van der Waals surface area contributed by atoms with Gasteiger partial charge in [-0.1, -0.05) is 6.07 Å². The SMILES string of the molecule is COc1cccc2[nH]c(C(=O)N3CC(C(F)(F)F)CC3C(=O)NC(C=O)CC3CCCNC3=O)cc12. The largest absolute Gasteiger partial charge is 0.496 e. The van der Waals surface area contributed by atoms with E-state index in [9.17, 15) is 32.3 Å². The van der Waals surface area contributed by atoms with Gasteiger partial charge in [-0.05, 0) is 43.9 Å². The molecule has 4 atom stereocenters. The summed E-state index contributed by atoms with van der Waals surface area (Å²) in [5, 5.41) is 5.72. The molecule has 0 aliphatic carbocycles. The minimum absolute atomic E-state index is 0.0148. The number of H-pyrrole nitrogens is 1. The maximum absolute atomic E-state index is 13.6. The number of aromatic nitrogens is 1. The molecule has 2 aliphatic heterocycles. The number of ether oxygens (including phenoxy) is 1. The molecule has 9 nitrogen and oxygen atoms in total. The summed E-state index contributed by atoms with van der Waals surface area (Å²) in [6, 6.07) is 4.05. The summed E-state index contributed by atoms with van der Waals surface area (Å²) in [5.74, 6) is -3.76. The molecule has 12 heteroatoms. The summed E-state index contributed by atoms with van der Waals surface area (Å²) < 4.78 is 46.0. The number of aldehydes is 1. The van der Waals surface area contributed by atoms with Gasteiger partial charge in [0.05, 0.1) is 19.1 Å². The molecular formula is C24H27F3N4O5. The second-order valence-corrected chi connectivity index (χ2v) is 9.17. The van der Waals surface area contributed by atoms with E-state index < -0.39 is 54.9 Å². The molecule has 2 saturated heterocycles. The lowest BCUT2D eigenvalue weighted by atomic mass is 9.92. The highest BCUT2D eigenvalue weighted by atomic mass is 19.4. The van der Waals surface area contributed by atoms with E-state index in [1.54, 1.807) is 18.2 Å². The Bertz CT molecular complexity index is 1160. The number of likely N-dealkylation sites (tertiary alicyclic amines) is 1. The molecule has 3 amide bonds. The van der Waals surface area contributed by atoms with Crippen molar-refractivity contribution in [3.05, 3.63) is 30.0 Å².